The van der Waals surface area contributed by atoms with Crippen molar-refractivity contribution >= 4 is 23.5 Å². The second-order valence-corrected chi connectivity index (χ2v) is 4.38. The third-order valence-corrected chi connectivity index (χ3v) is 2.96. The maximum Gasteiger partial charge on any atom is 0.0885 e. The SMILES string of the molecule is OCCSCCCCSCO. The van der Waals surface area contributed by atoms with Gasteiger partial charge in [0.15, 0.2) is 0 Å². The van der Waals surface area contributed by atoms with Gasteiger partial charge in [0.05, 0.1) is 12.5 Å². The standard InChI is InChI=1S/C7H16O2S2/c8-3-6-10-4-1-2-5-11-7-9/h8-9H,1-7H2. The van der Waals surface area contributed by atoms with E-state index < -0.39 is 0 Å². The number of thioether (sulfide) groups is 2. The first kappa shape index (κ1) is 11.6. The van der Waals surface area contributed by atoms with E-state index in [0.717, 1.165) is 17.3 Å². The quantitative estimate of drug-likeness (QED) is 0.452. The summed E-state index contributed by atoms with van der Waals surface area (Å²) in [6.07, 6.45) is 2.36. The van der Waals surface area contributed by atoms with E-state index in [4.69, 9.17) is 10.2 Å². The van der Waals surface area contributed by atoms with E-state index in [1.165, 1.54) is 12.8 Å². The first-order chi connectivity index (χ1) is 5.41. The van der Waals surface area contributed by atoms with Crippen LogP contribution in [-0.2, 0) is 0 Å². The highest BCUT2D eigenvalue weighted by molar-refractivity contribution is 7.99. The van der Waals surface area contributed by atoms with Crippen LogP contribution in [0.2, 0.25) is 0 Å². The molecule has 0 aromatic carbocycles. The average Bonchev–Trinajstić information content (AvgIpc) is 2.03. The lowest BCUT2D eigenvalue weighted by Gasteiger charge is -1.98. The van der Waals surface area contributed by atoms with Gasteiger partial charge in [-0.25, -0.2) is 0 Å². The Morgan fingerprint density at radius 1 is 0.818 bits per heavy atom. The average molecular weight is 196 g/mol. The highest BCUT2D eigenvalue weighted by atomic mass is 32.2. The van der Waals surface area contributed by atoms with Gasteiger partial charge in [-0.2, -0.15) is 11.8 Å². The Kier molecular flexibility index (Phi) is 11.2. The molecule has 0 saturated carbocycles. The first-order valence-electron chi connectivity index (χ1n) is 3.79. The molecule has 0 rings (SSSR count). The highest BCUT2D eigenvalue weighted by Gasteiger charge is 1.89. The maximum absolute atomic E-state index is 8.45. The molecule has 0 aliphatic heterocycles. The summed E-state index contributed by atoms with van der Waals surface area (Å²) < 4.78 is 0. The van der Waals surface area contributed by atoms with Gasteiger partial charge in [-0.1, -0.05) is 0 Å². The molecule has 0 aromatic rings. The predicted molar refractivity (Wildman–Crippen MR) is 53.2 cm³/mol. The molecule has 68 valence electrons. The summed E-state index contributed by atoms with van der Waals surface area (Å²) in [5.41, 5.74) is 0. The van der Waals surface area contributed by atoms with Crippen LogP contribution in [0.5, 0.6) is 0 Å². The highest BCUT2D eigenvalue weighted by Crippen LogP contribution is 2.07. The van der Waals surface area contributed by atoms with Crippen molar-refractivity contribution in [2.75, 3.05) is 29.8 Å². The smallest absolute Gasteiger partial charge is 0.0885 e. The maximum atomic E-state index is 8.45. The van der Waals surface area contributed by atoms with Crippen LogP contribution >= 0.6 is 23.5 Å². The number of hydrogen-bond donors (Lipinski definition) is 2. The molecule has 0 fully saturated rings. The molecule has 0 atom stereocenters. The lowest BCUT2D eigenvalue weighted by atomic mass is 10.4. The Labute approximate surface area is 76.8 Å². The van der Waals surface area contributed by atoms with Crippen molar-refractivity contribution in [3.8, 4) is 0 Å². The molecule has 11 heavy (non-hydrogen) atoms. The van der Waals surface area contributed by atoms with Gasteiger partial charge in [0, 0.05) is 5.75 Å². The van der Waals surface area contributed by atoms with E-state index in [9.17, 15) is 0 Å². The molecule has 0 aliphatic carbocycles. The molecule has 0 unspecified atom stereocenters. The molecule has 0 bridgehead atoms. The summed E-state index contributed by atoms with van der Waals surface area (Å²) in [5.74, 6) is 3.28. The summed E-state index contributed by atoms with van der Waals surface area (Å²) in [6, 6.07) is 0. The molecular formula is C7H16O2S2. The van der Waals surface area contributed by atoms with Crippen LogP contribution in [-0.4, -0.2) is 40.0 Å². The zero-order valence-corrected chi connectivity index (χ0v) is 8.29. The topological polar surface area (TPSA) is 40.5 Å². The monoisotopic (exact) mass is 196 g/mol. The van der Waals surface area contributed by atoms with Crippen LogP contribution in [0.3, 0.4) is 0 Å². The van der Waals surface area contributed by atoms with Gasteiger partial charge in [-0.3, -0.25) is 0 Å². The Balaban J connectivity index is 2.69. The van der Waals surface area contributed by atoms with Crippen LogP contribution < -0.4 is 0 Å². The van der Waals surface area contributed by atoms with E-state index in [-0.39, 0.29) is 12.5 Å². The van der Waals surface area contributed by atoms with Crippen LogP contribution in [0, 0.1) is 0 Å². The minimum atomic E-state index is 0.240. The van der Waals surface area contributed by atoms with Gasteiger partial charge >= 0.3 is 0 Å². The van der Waals surface area contributed by atoms with Crippen molar-refractivity contribution < 1.29 is 10.2 Å². The molecule has 0 aromatic heterocycles. The third-order valence-electron chi connectivity index (χ3n) is 1.15. The number of unbranched alkanes of at least 4 members (excludes halogenated alkanes) is 1. The van der Waals surface area contributed by atoms with Crippen LogP contribution in [0.4, 0.5) is 0 Å². The van der Waals surface area contributed by atoms with Gasteiger partial charge in [-0.15, -0.1) is 11.8 Å². The van der Waals surface area contributed by atoms with E-state index in [0.29, 0.717) is 0 Å². The minimum absolute atomic E-state index is 0.240. The summed E-state index contributed by atoms with van der Waals surface area (Å²) in [4.78, 5) is 0. The minimum Gasteiger partial charge on any atom is -0.396 e. The molecule has 2 nitrogen and oxygen atoms in total. The van der Waals surface area contributed by atoms with E-state index in [1.54, 1.807) is 23.5 Å². The fourth-order valence-corrected chi connectivity index (χ4v) is 1.92. The van der Waals surface area contributed by atoms with Gasteiger partial charge in [0.25, 0.3) is 0 Å². The zero-order chi connectivity index (χ0) is 8.36. The first-order valence-corrected chi connectivity index (χ1v) is 6.10. The van der Waals surface area contributed by atoms with Gasteiger partial charge in [0.1, 0.15) is 0 Å². The molecule has 4 heteroatoms. The largest absolute Gasteiger partial charge is 0.396 e. The number of rotatable bonds is 8. The zero-order valence-electron chi connectivity index (χ0n) is 6.66. The van der Waals surface area contributed by atoms with Crippen molar-refractivity contribution in [1.82, 2.24) is 0 Å². The fraction of sp³-hybridized carbons (Fsp3) is 1.00. The van der Waals surface area contributed by atoms with Crippen molar-refractivity contribution in [1.29, 1.82) is 0 Å². The van der Waals surface area contributed by atoms with E-state index >= 15 is 0 Å². The molecule has 0 aliphatic rings. The van der Waals surface area contributed by atoms with Crippen molar-refractivity contribution in [2.24, 2.45) is 0 Å². The molecule has 0 amide bonds. The molecule has 0 saturated heterocycles. The number of aliphatic hydroxyl groups is 2. The summed E-state index contributed by atoms with van der Waals surface area (Å²) in [6.45, 7) is 0.288. The van der Waals surface area contributed by atoms with Gasteiger partial charge in [-0.05, 0) is 24.3 Å². The Morgan fingerprint density at radius 3 is 2.00 bits per heavy atom. The summed E-state index contributed by atoms with van der Waals surface area (Å²) >= 11 is 3.36. The second kappa shape index (κ2) is 10.6. The lowest BCUT2D eigenvalue weighted by Crippen LogP contribution is -1.90. The fourth-order valence-electron chi connectivity index (χ4n) is 0.639. The van der Waals surface area contributed by atoms with Crippen LogP contribution in [0.15, 0.2) is 0 Å². The summed E-state index contributed by atoms with van der Waals surface area (Å²) in [7, 11) is 0. The van der Waals surface area contributed by atoms with Crippen LogP contribution in [0.25, 0.3) is 0 Å². The lowest BCUT2D eigenvalue weighted by molar-refractivity contribution is 0.322. The van der Waals surface area contributed by atoms with E-state index in [2.05, 4.69) is 0 Å². The Morgan fingerprint density at radius 2 is 1.45 bits per heavy atom. The molecule has 2 N–H and O–H groups in total. The van der Waals surface area contributed by atoms with Crippen molar-refractivity contribution in [3.63, 3.8) is 0 Å². The second-order valence-electron chi connectivity index (χ2n) is 2.08. The van der Waals surface area contributed by atoms with Gasteiger partial charge < -0.3 is 10.2 Å². The van der Waals surface area contributed by atoms with E-state index in [1.807, 2.05) is 0 Å². The molecule has 0 spiro atoms. The molecule has 0 heterocycles. The Hall–Kier alpha value is 0.620. The Bertz CT molecular complexity index is 63.5. The number of aliphatic hydroxyl groups excluding tert-OH is 2. The molecule has 0 radical (unpaired) electrons. The normalized spacial score (nSPS) is 10.4. The van der Waals surface area contributed by atoms with Crippen molar-refractivity contribution in [3.05, 3.63) is 0 Å². The number of hydrogen-bond acceptors (Lipinski definition) is 4. The van der Waals surface area contributed by atoms with Gasteiger partial charge in [0.2, 0.25) is 0 Å². The summed E-state index contributed by atoms with van der Waals surface area (Å²) in [5, 5.41) is 16.9. The molecular weight excluding hydrogens is 180 g/mol. The predicted octanol–water partition coefficient (Wildman–Crippen LogP) is 1.18. The third kappa shape index (κ3) is 10.6. The van der Waals surface area contributed by atoms with Crippen LogP contribution in [0.1, 0.15) is 12.8 Å². The van der Waals surface area contributed by atoms with Crippen molar-refractivity contribution in [2.45, 2.75) is 12.8 Å².